The van der Waals surface area contributed by atoms with Gasteiger partial charge in [0.2, 0.25) is 5.91 Å². The first kappa shape index (κ1) is 24.5. The summed E-state index contributed by atoms with van der Waals surface area (Å²) < 4.78 is 10.2. The van der Waals surface area contributed by atoms with Crippen LogP contribution in [-0.2, 0) is 29.0 Å². The van der Waals surface area contributed by atoms with Gasteiger partial charge in [-0.15, -0.1) is 0 Å². The molecule has 0 saturated heterocycles. The zero-order valence-electron chi connectivity index (χ0n) is 19.5. The van der Waals surface area contributed by atoms with Gasteiger partial charge in [0.1, 0.15) is 5.75 Å². The van der Waals surface area contributed by atoms with Crippen molar-refractivity contribution >= 4 is 29.3 Å². The van der Waals surface area contributed by atoms with Crippen molar-refractivity contribution in [1.29, 1.82) is 0 Å². The molecule has 9 nitrogen and oxygen atoms in total. The molecule has 1 aliphatic rings. The van der Waals surface area contributed by atoms with Crippen molar-refractivity contribution in [2.45, 2.75) is 24.7 Å². The molecule has 1 aliphatic heterocycles. The van der Waals surface area contributed by atoms with Crippen LogP contribution in [0.15, 0.2) is 58.5 Å². The molecule has 4 rings (SSSR count). The Morgan fingerprint density at radius 2 is 1.91 bits per heavy atom. The van der Waals surface area contributed by atoms with Crippen LogP contribution in [0.1, 0.15) is 27.2 Å². The number of methoxy groups -OCH3 is 2. The van der Waals surface area contributed by atoms with E-state index in [0.29, 0.717) is 35.9 Å². The maximum atomic E-state index is 12.8. The number of aromatic nitrogens is 2. The normalized spacial score (nSPS) is 13.1. The number of rotatable bonds is 8. The van der Waals surface area contributed by atoms with Crippen LogP contribution in [0.3, 0.4) is 0 Å². The van der Waals surface area contributed by atoms with E-state index in [9.17, 15) is 14.4 Å². The van der Waals surface area contributed by atoms with E-state index in [2.05, 4.69) is 20.2 Å². The van der Waals surface area contributed by atoms with Gasteiger partial charge in [0.05, 0.1) is 42.5 Å². The number of H-pyrrole nitrogens is 1. The molecule has 0 unspecified atom stereocenters. The third kappa shape index (κ3) is 5.90. The zero-order chi connectivity index (χ0) is 24.8. The van der Waals surface area contributed by atoms with Crippen LogP contribution in [0.5, 0.6) is 5.75 Å². The minimum atomic E-state index is -0.533. The lowest BCUT2D eigenvalue weighted by molar-refractivity contribution is -0.113. The minimum Gasteiger partial charge on any atom is -0.496 e. The number of nitrogens with one attached hydrogen (secondary N) is 2. The van der Waals surface area contributed by atoms with E-state index >= 15 is 0 Å². The Balaban J connectivity index is 1.39. The number of para-hydroxylation sites is 2. The quantitative estimate of drug-likeness (QED) is 0.279. The Bertz CT molecular complexity index is 1290. The molecule has 0 radical (unpaired) electrons. The summed E-state index contributed by atoms with van der Waals surface area (Å²) in [5.41, 5.74) is 2.91. The second-order valence-electron chi connectivity index (χ2n) is 7.94. The summed E-state index contributed by atoms with van der Waals surface area (Å²) in [6, 6.07) is 14.5. The molecule has 3 aromatic rings. The monoisotopic (exact) mass is 494 g/mol. The summed E-state index contributed by atoms with van der Waals surface area (Å²) in [7, 11) is 2.93. The summed E-state index contributed by atoms with van der Waals surface area (Å²) in [6.45, 7) is 1.93. The Hall–Kier alpha value is -3.63. The molecule has 0 atom stereocenters. The maximum absolute atomic E-state index is 12.8. The van der Waals surface area contributed by atoms with Crippen molar-refractivity contribution < 1.29 is 19.1 Å². The van der Waals surface area contributed by atoms with E-state index in [1.54, 1.807) is 31.4 Å². The van der Waals surface area contributed by atoms with E-state index in [1.807, 2.05) is 24.3 Å². The molecular weight excluding hydrogens is 468 g/mol. The molecule has 0 spiro atoms. The zero-order valence-corrected chi connectivity index (χ0v) is 20.3. The highest BCUT2D eigenvalue weighted by atomic mass is 32.2. The number of hydrogen-bond donors (Lipinski definition) is 2. The molecule has 0 aliphatic carbocycles. The first-order chi connectivity index (χ1) is 17.0. The molecule has 2 N–H and O–H groups in total. The van der Waals surface area contributed by atoms with E-state index in [-0.39, 0.29) is 22.8 Å². The third-order valence-corrected chi connectivity index (χ3v) is 6.53. The maximum Gasteiger partial charge on any atom is 0.339 e. The van der Waals surface area contributed by atoms with Crippen LogP contribution in [0.25, 0.3) is 0 Å². The molecule has 35 heavy (non-hydrogen) atoms. The van der Waals surface area contributed by atoms with Gasteiger partial charge in [0.25, 0.3) is 5.56 Å². The number of anilines is 1. The van der Waals surface area contributed by atoms with Gasteiger partial charge in [0, 0.05) is 31.6 Å². The number of esters is 1. The number of aromatic amines is 1. The van der Waals surface area contributed by atoms with Crippen LogP contribution < -0.4 is 15.6 Å². The van der Waals surface area contributed by atoms with Crippen LogP contribution in [0.4, 0.5) is 5.69 Å². The number of amides is 1. The highest BCUT2D eigenvalue weighted by Gasteiger charge is 2.22. The summed E-state index contributed by atoms with van der Waals surface area (Å²) in [5.74, 6) is -0.00906. The van der Waals surface area contributed by atoms with Gasteiger partial charge in [-0.2, -0.15) is 0 Å². The lowest BCUT2D eigenvalue weighted by Crippen LogP contribution is -2.35. The van der Waals surface area contributed by atoms with Crippen molar-refractivity contribution in [3.05, 3.63) is 81.3 Å². The van der Waals surface area contributed by atoms with Crippen molar-refractivity contribution in [3.8, 4) is 5.75 Å². The smallest absolute Gasteiger partial charge is 0.339 e. The Kier molecular flexibility index (Phi) is 7.84. The van der Waals surface area contributed by atoms with Crippen LogP contribution in [0.2, 0.25) is 0 Å². The second-order valence-corrected chi connectivity index (χ2v) is 8.91. The van der Waals surface area contributed by atoms with Gasteiger partial charge >= 0.3 is 5.97 Å². The van der Waals surface area contributed by atoms with Crippen molar-refractivity contribution in [2.24, 2.45) is 0 Å². The number of nitrogens with zero attached hydrogens (tertiary/aromatic N) is 2. The number of thioether (sulfide) groups is 1. The first-order valence-electron chi connectivity index (χ1n) is 11.0. The predicted octanol–water partition coefficient (Wildman–Crippen LogP) is 2.85. The van der Waals surface area contributed by atoms with Crippen LogP contribution in [-0.4, -0.2) is 53.3 Å². The van der Waals surface area contributed by atoms with E-state index < -0.39 is 5.97 Å². The minimum absolute atomic E-state index is 0.0250. The fourth-order valence-corrected chi connectivity index (χ4v) is 4.62. The highest BCUT2D eigenvalue weighted by Crippen LogP contribution is 2.24. The number of ether oxygens (including phenoxy) is 2. The average molecular weight is 495 g/mol. The molecule has 2 aromatic carbocycles. The van der Waals surface area contributed by atoms with E-state index in [1.165, 1.54) is 7.11 Å². The number of fused-ring (bicyclic) bond motifs is 1. The summed E-state index contributed by atoms with van der Waals surface area (Å²) in [6.07, 6.45) is 0.640. The number of carbonyl (C=O) groups is 2. The second kappa shape index (κ2) is 11.2. The third-order valence-electron chi connectivity index (χ3n) is 5.66. The highest BCUT2D eigenvalue weighted by molar-refractivity contribution is 7.99. The molecule has 0 saturated carbocycles. The molecule has 2 heterocycles. The van der Waals surface area contributed by atoms with E-state index in [0.717, 1.165) is 35.3 Å². The summed E-state index contributed by atoms with van der Waals surface area (Å²) in [5, 5.41) is 3.11. The standard InChI is InChI=1S/C25H26N4O5S/c1-33-21-10-6-3-7-16(21)13-29-12-11-20-18(14-29)23(31)28-25(27-20)35-15-22(30)26-19-9-5-4-8-17(19)24(32)34-2/h3-10H,11-15H2,1-2H3,(H,26,30)(H,27,28,31). The number of hydrogen-bond acceptors (Lipinski definition) is 8. The molecule has 182 valence electrons. The largest absolute Gasteiger partial charge is 0.496 e. The average Bonchev–Trinajstić information content (AvgIpc) is 2.88. The lowest BCUT2D eigenvalue weighted by atomic mass is 10.1. The van der Waals surface area contributed by atoms with Crippen molar-refractivity contribution in [1.82, 2.24) is 14.9 Å². The molecule has 1 aromatic heterocycles. The number of carbonyl (C=O) groups excluding carboxylic acids is 2. The molecule has 0 fully saturated rings. The van der Waals surface area contributed by atoms with Gasteiger partial charge in [-0.25, -0.2) is 9.78 Å². The van der Waals surface area contributed by atoms with Gasteiger partial charge in [-0.05, 0) is 18.2 Å². The fourth-order valence-electron chi connectivity index (χ4n) is 3.94. The van der Waals surface area contributed by atoms with Crippen LogP contribution >= 0.6 is 11.8 Å². The SMILES string of the molecule is COC(=O)c1ccccc1NC(=O)CSc1nc2c(c(=O)[nH]1)CN(Cc1ccccc1OC)CC2. The lowest BCUT2D eigenvalue weighted by Gasteiger charge is -2.28. The van der Waals surface area contributed by atoms with Crippen molar-refractivity contribution in [3.63, 3.8) is 0 Å². The molecule has 0 bridgehead atoms. The Morgan fingerprint density at radius 3 is 2.71 bits per heavy atom. The van der Waals surface area contributed by atoms with Gasteiger partial charge in [-0.3, -0.25) is 14.5 Å². The summed E-state index contributed by atoms with van der Waals surface area (Å²) >= 11 is 1.14. The fraction of sp³-hybridized carbons (Fsp3) is 0.280. The number of benzene rings is 2. The Morgan fingerprint density at radius 1 is 1.14 bits per heavy atom. The van der Waals surface area contributed by atoms with Gasteiger partial charge in [-0.1, -0.05) is 42.1 Å². The van der Waals surface area contributed by atoms with E-state index in [4.69, 9.17) is 9.47 Å². The molecular formula is C25H26N4O5S. The van der Waals surface area contributed by atoms with Gasteiger partial charge < -0.3 is 19.8 Å². The predicted molar refractivity (Wildman–Crippen MR) is 133 cm³/mol. The summed E-state index contributed by atoms with van der Waals surface area (Å²) in [4.78, 5) is 46.7. The van der Waals surface area contributed by atoms with Crippen LogP contribution in [0, 0.1) is 0 Å². The molecule has 10 heteroatoms. The van der Waals surface area contributed by atoms with Gasteiger partial charge in [0.15, 0.2) is 5.16 Å². The Labute approximate surface area is 206 Å². The first-order valence-corrected chi connectivity index (χ1v) is 12.0. The topological polar surface area (TPSA) is 114 Å². The van der Waals surface area contributed by atoms with Crippen molar-refractivity contribution in [2.75, 3.05) is 31.8 Å². The molecule has 1 amide bonds.